The molecule has 1 N–H and O–H groups in total. The minimum atomic E-state index is -0.260. The summed E-state index contributed by atoms with van der Waals surface area (Å²) < 4.78 is 5.53. The van der Waals surface area contributed by atoms with Crippen LogP contribution >= 0.6 is 0 Å². The number of aliphatic hydroxyl groups is 1. The van der Waals surface area contributed by atoms with Crippen LogP contribution in [0, 0.1) is 0 Å². The summed E-state index contributed by atoms with van der Waals surface area (Å²) in [6.45, 7) is 6.66. The van der Waals surface area contributed by atoms with Crippen LogP contribution in [0.15, 0.2) is 24.3 Å². The predicted octanol–water partition coefficient (Wildman–Crippen LogP) is 1.04. The molecule has 1 aromatic carbocycles. The number of morpholine rings is 1. The van der Waals surface area contributed by atoms with Crippen molar-refractivity contribution >= 4 is 5.91 Å². The SMILES string of the molecule is CC(C(=O)N1CC(CO)OCC1C)N1CCc2ccccc2C1. The average Bonchev–Trinajstić information content (AvgIpc) is 2.60. The van der Waals surface area contributed by atoms with Gasteiger partial charge in [-0.25, -0.2) is 0 Å². The first-order valence-electron chi connectivity index (χ1n) is 8.44. The number of ether oxygens (including phenoxy) is 1. The van der Waals surface area contributed by atoms with Crippen molar-refractivity contribution in [1.29, 1.82) is 0 Å². The molecule has 0 bridgehead atoms. The van der Waals surface area contributed by atoms with E-state index in [1.165, 1.54) is 11.1 Å². The molecule has 0 spiro atoms. The minimum Gasteiger partial charge on any atom is -0.394 e. The van der Waals surface area contributed by atoms with Gasteiger partial charge in [0.25, 0.3) is 0 Å². The van der Waals surface area contributed by atoms with Gasteiger partial charge in [-0.3, -0.25) is 9.69 Å². The Labute approximate surface area is 137 Å². The topological polar surface area (TPSA) is 53.0 Å². The van der Waals surface area contributed by atoms with E-state index in [1.54, 1.807) is 0 Å². The molecule has 1 aromatic rings. The van der Waals surface area contributed by atoms with Crippen LogP contribution in [0.5, 0.6) is 0 Å². The number of rotatable bonds is 3. The van der Waals surface area contributed by atoms with Crippen LogP contribution in [0.25, 0.3) is 0 Å². The number of fused-ring (bicyclic) bond motifs is 1. The summed E-state index contributed by atoms with van der Waals surface area (Å²) in [5.41, 5.74) is 2.71. The van der Waals surface area contributed by atoms with E-state index in [4.69, 9.17) is 4.74 Å². The highest BCUT2D eigenvalue weighted by atomic mass is 16.5. The van der Waals surface area contributed by atoms with Gasteiger partial charge in [-0.1, -0.05) is 24.3 Å². The van der Waals surface area contributed by atoms with Crippen molar-refractivity contribution in [3.8, 4) is 0 Å². The Balaban J connectivity index is 1.68. The third-order valence-electron chi connectivity index (χ3n) is 5.06. The maximum absolute atomic E-state index is 12.9. The van der Waals surface area contributed by atoms with Gasteiger partial charge in [-0.2, -0.15) is 0 Å². The second-order valence-electron chi connectivity index (χ2n) is 6.64. The molecule has 23 heavy (non-hydrogen) atoms. The highest BCUT2D eigenvalue weighted by molar-refractivity contribution is 5.82. The molecule has 2 aliphatic heterocycles. The molecule has 3 unspecified atom stereocenters. The molecule has 126 valence electrons. The molecule has 5 nitrogen and oxygen atoms in total. The van der Waals surface area contributed by atoms with Crippen molar-refractivity contribution in [2.75, 3.05) is 26.3 Å². The van der Waals surface area contributed by atoms with Crippen molar-refractivity contribution in [2.45, 2.75) is 45.0 Å². The Kier molecular flexibility index (Phi) is 4.99. The molecule has 1 amide bonds. The molecule has 5 heteroatoms. The van der Waals surface area contributed by atoms with E-state index >= 15 is 0 Å². The molecule has 1 fully saturated rings. The van der Waals surface area contributed by atoms with Crippen molar-refractivity contribution in [3.63, 3.8) is 0 Å². The summed E-state index contributed by atoms with van der Waals surface area (Å²) in [4.78, 5) is 17.0. The summed E-state index contributed by atoms with van der Waals surface area (Å²) in [5, 5.41) is 9.30. The normalized spacial score (nSPS) is 26.7. The van der Waals surface area contributed by atoms with Crippen LogP contribution in [0.1, 0.15) is 25.0 Å². The lowest BCUT2D eigenvalue weighted by molar-refractivity contribution is -0.151. The predicted molar refractivity (Wildman–Crippen MR) is 88.0 cm³/mol. The van der Waals surface area contributed by atoms with E-state index in [0.717, 1.165) is 19.5 Å². The van der Waals surface area contributed by atoms with Gasteiger partial charge in [0.2, 0.25) is 5.91 Å². The summed E-state index contributed by atoms with van der Waals surface area (Å²) in [6.07, 6.45) is 0.732. The largest absolute Gasteiger partial charge is 0.394 e. The smallest absolute Gasteiger partial charge is 0.240 e. The Morgan fingerprint density at radius 1 is 1.39 bits per heavy atom. The van der Waals surface area contributed by atoms with Crippen LogP contribution < -0.4 is 0 Å². The van der Waals surface area contributed by atoms with E-state index in [2.05, 4.69) is 29.2 Å². The quantitative estimate of drug-likeness (QED) is 0.905. The number of carbonyl (C=O) groups is 1. The first-order chi connectivity index (χ1) is 11.1. The summed E-state index contributed by atoms with van der Waals surface area (Å²) in [6, 6.07) is 8.37. The van der Waals surface area contributed by atoms with Crippen LogP contribution in [0.2, 0.25) is 0 Å². The molecule has 0 aromatic heterocycles. The van der Waals surface area contributed by atoms with E-state index in [9.17, 15) is 9.90 Å². The molecule has 0 radical (unpaired) electrons. The fourth-order valence-corrected chi connectivity index (χ4v) is 3.48. The van der Waals surface area contributed by atoms with Crippen LogP contribution in [0.3, 0.4) is 0 Å². The van der Waals surface area contributed by atoms with Gasteiger partial charge in [-0.15, -0.1) is 0 Å². The Hall–Kier alpha value is -1.43. The van der Waals surface area contributed by atoms with E-state index in [0.29, 0.717) is 13.2 Å². The number of benzene rings is 1. The molecule has 2 heterocycles. The fourth-order valence-electron chi connectivity index (χ4n) is 3.48. The zero-order valence-electron chi connectivity index (χ0n) is 13.9. The molecular formula is C18H26N2O3. The first-order valence-corrected chi connectivity index (χ1v) is 8.44. The third kappa shape index (κ3) is 3.42. The second-order valence-corrected chi connectivity index (χ2v) is 6.64. The van der Waals surface area contributed by atoms with Gasteiger partial charge in [0.1, 0.15) is 0 Å². The molecule has 1 saturated heterocycles. The van der Waals surface area contributed by atoms with Crippen molar-refractivity contribution in [2.24, 2.45) is 0 Å². The molecule has 0 saturated carbocycles. The average molecular weight is 318 g/mol. The Morgan fingerprint density at radius 3 is 2.87 bits per heavy atom. The molecule has 0 aliphatic carbocycles. The van der Waals surface area contributed by atoms with Gasteiger partial charge in [0.05, 0.1) is 31.4 Å². The number of hydrogen-bond acceptors (Lipinski definition) is 4. The zero-order valence-corrected chi connectivity index (χ0v) is 13.9. The van der Waals surface area contributed by atoms with Crippen molar-refractivity contribution in [3.05, 3.63) is 35.4 Å². The minimum absolute atomic E-state index is 0.0397. The molecular weight excluding hydrogens is 292 g/mol. The highest BCUT2D eigenvalue weighted by Gasteiger charge is 2.34. The Morgan fingerprint density at radius 2 is 2.13 bits per heavy atom. The standard InChI is InChI=1S/C18H26N2O3/c1-13-12-23-17(11-21)10-20(13)18(22)14(2)19-8-7-15-5-3-4-6-16(15)9-19/h3-6,13-14,17,21H,7-12H2,1-2H3. The number of hydrogen-bond donors (Lipinski definition) is 1. The van der Waals surface area contributed by atoms with Crippen molar-refractivity contribution < 1.29 is 14.6 Å². The van der Waals surface area contributed by atoms with Gasteiger partial charge in [0, 0.05) is 19.6 Å². The summed E-state index contributed by atoms with van der Waals surface area (Å²) >= 11 is 0. The van der Waals surface area contributed by atoms with Gasteiger partial charge < -0.3 is 14.7 Å². The first kappa shape index (κ1) is 16.4. The Bertz CT molecular complexity index is 563. The maximum Gasteiger partial charge on any atom is 0.240 e. The zero-order chi connectivity index (χ0) is 16.4. The van der Waals surface area contributed by atoms with E-state index in [-0.39, 0.29) is 30.7 Å². The van der Waals surface area contributed by atoms with Crippen LogP contribution in [0.4, 0.5) is 0 Å². The summed E-state index contributed by atoms with van der Waals surface area (Å²) in [7, 11) is 0. The van der Waals surface area contributed by atoms with Crippen LogP contribution in [-0.2, 0) is 22.5 Å². The highest BCUT2D eigenvalue weighted by Crippen LogP contribution is 2.22. The van der Waals surface area contributed by atoms with Gasteiger partial charge >= 0.3 is 0 Å². The molecule has 2 aliphatic rings. The van der Waals surface area contributed by atoms with Gasteiger partial charge in [0.15, 0.2) is 0 Å². The number of amides is 1. The van der Waals surface area contributed by atoms with Crippen LogP contribution in [-0.4, -0.2) is 65.3 Å². The third-order valence-corrected chi connectivity index (χ3v) is 5.06. The number of aliphatic hydroxyl groups excluding tert-OH is 1. The van der Waals surface area contributed by atoms with Crippen molar-refractivity contribution in [1.82, 2.24) is 9.80 Å². The fraction of sp³-hybridized carbons (Fsp3) is 0.611. The van der Waals surface area contributed by atoms with E-state index < -0.39 is 0 Å². The molecule has 3 atom stereocenters. The lowest BCUT2D eigenvalue weighted by Gasteiger charge is -2.41. The number of carbonyl (C=O) groups excluding carboxylic acids is 1. The molecule has 3 rings (SSSR count). The monoisotopic (exact) mass is 318 g/mol. The number of nitrogens with zero attached hydrogens (tertiary/aromatic N) is 2. The second kappa shape index (κ2) is 6.99. The lowest BCUT2D eigenvalue weighted by Crippen LogP contribution is -2.57. The van der Waals surface area contributed by atoms with Gasteiger partial charge in [-0.05, 0) is 31.4 Å². The maximum atomic E-state index is 12.9. The summed E-state index contributed by atoms with van der Waals surface area (Å²) in [5.74, 6) is 0.138. The lowest BCUT2D eigenvalue weighted by atomic mass is 9.98. The van der Waals surface area contributed by atoms with E-state index in [1.807, 2.05) is 18.7 Å².